The first kappa shape index (κ1) is 13.6. The fraction of sp³-hybridized carbons (Fsp3) is 0.467. The number of rotatable bonds is 4. The molecule has 0 radical (unpaired) electrons. The molecule has 0 bridgehead atoms. The van der Waals surface area contributed by atoms with Gasteiger partial charge in [-0.25, -0.2) is 9.59 Å². The van der Waals surface area contributed by atoms with Gasteiger partial charge in [0, 0.05) is 5.92 Å². The summed E-state index contributed by atoms with van der Waals surface area (Å²) in [6, 6.07) is 8.51. The summed E-state index contributed by atoms with van der Waals surface area (Å²) in [4.78, 5) is 23.2. The number of carboxylic acids is 1. The SMILES string of the molecule is O=C(O[C@@H](C(=O)O)C1CCCCC1)c1ccccc1. The molecule has 1 aromatic rings. The summed E-state index contributed by atoms with van der Waals surface area (Å²) in [5.74, 6) is -1.66. The van der Waals surface area contributed by atoms with E-state index in [0.717, 1.165) is 32.1 Å². The Morgan fingerprint density at radius 3 is 2.32 bits per heavy atom. The van der Waals surface area contributed by atoms with E-state index in [4.69, 9.17) is 4.74 Å². The van der Waals surface area contributed by atoms with E-state index in [0.29, 0.717) is 5.56 Å². The summed E-state index contributed by atoms with van der Waals surface area (Å²) in [5, 5.41) is 9.24. The molecule has 0 heterocycles. The van der Waals surface area contributed by atoms with Gasteiger partial charge in [-0.3, -0.25) is 0 Å². The second-order valence-electron chi connectivity index (χ2n) is 4.93. The lowest BCUT2D eigenvalue weighted by Crippen LogP contribution is -2.35. The highest BCUT2D eigenvalue weighted by Gasteiger charge is 2.32. The maximum Gasteiger partial charge on any atom is 0.345 e. The lowest BCUT2D eigenvalue weighted by molar-refractivity contribution is -0.151. The van der Waals surface area contributed by atoms with Crippen molar-refractivity contribution in [2.24, 2.45) is 5.92 Å². The van der Waals surface area contributed by atoms with Gasteiger partial charge in [0.15, 0.2) is 0 Å². The molecule has 0 aliphatic heterocycles. The first-order valence-corrected chi connectivity index (χ1v) is 6.67. The van der Waals surface area contributed by atoms with Gasteiger partial charge in [0.1, 0.15) is 0 Å². The first-order chi connectivity index (χ1) is 9.18. The van der Waals surface area contributed by atoms with Gasteiger partial charge in [0.05, 0.1) is 5.56 Å². The van der Waals surface area contributed by atoms with Crippen LogP contribution in [0, 0.1) is 5.92 Å². The van der Waals surface area contributed by atoms with Crippen LogP contribution in [0.25, 0.3) is 0 Å². The van der Waals surface area contributed by atoms with E-state index in [-0.39, 0.29) is 5.92 Å². The Hall–Kier alpha value is -1.84. The molecule has 102 valence electrons. The quantitative estimate of drug-likeness (QED) is 0.847. The Morgan fingerprint density at radius 2 is 1.74 bits per heavy atom. The molecule has 0 saturated heterocycles. The van der Waals surface area contributed by atoms with Crippen LogP contribution in [-0.2, 0) is 9.53 Å². The van der Waals surface area contributed by atoms with Crippen molar-refractivity contribution in [3.05, 3.63) is 35.9 Å². The molecule has 1 aliphatic rings. The fourth-order valence-electron chi connectivity index (χ4n) is 2.54. The highest BCUT2D eigenvalue weighted by molar-refractivity contribution is 5.91. The van der Waals surface area contributed by atoms with Crippen LogP contribution in [0.15, 0.2) is 30.3 Å². The Morgan fingerprint density at radius 1 is 1.11 bits per heavy atom. The molecular formula is C15H18O4. The monoisotopic (exact) mass is 262 g/mol. The molecule has 0 amide bonds. The number of benzene rings is 1. The van der Waals surface area contributed by atoms with E-state index in [1.54, 1.807) is 30.3 Å². The summed E-state index contributed by atoms with van der Waals surface area (Å²) in [6.07, 6.45) is 3.77. The van der Waals surface area contributed by atoms with Crippen LogP contribution < -0.4 is 0 Å². The third kappa shape index (κ3) is 3.56. The molecule has 1 aliphatic carbocycles. The Bertz CT molecular complexity index is 435. The van der Waals surface area contributed by atoms with Crippen LogP contribution in [0.2, 0.25) is 0 Å². The van der Waals surface area contributed by atoms with Gasteiger partial charge in [-0.15, -0.1) is 0 Å². The maximum atomic E-state index is 11.9. The van der Waals surface area contributed by atoms with Crippen molar-refractivity contribution in [3.8, 4) is 0 Å². The molecule has 1 aromatic carbocycles. The Balaban J connectivity index is 2.04. The summed E-state index contributed by atoms with van der Waals surface area (Å²) < 4.78 is 5.20. The molecule has 0 aromatic heterocycles. The van der Waals surface area contributed by atoms with Crippen molar-refractivity contribution < 1.29 is 19.4 Å². The van der Waals surface area contributed by atoms with Crippen molar-refractivity contribution in [2.75, 3.05) is 0 Å². The molecule has 0 unspecified atom stereocenters. The minimum Gasteiger partial charge on any atom is -0.478 e. The van der Waals surface area contributed by atoms with Gasteiger partial charge in [0.2, 0.25) is 6.10 Å². The number of carboxylic acid groups (broad SMARTS) is 1. The fourth-order valence-corrected chi connectivity index (χ4v) is 2.54. The minimum absolute atomic E-state index is 0.0566. The summed E-state index contributed by atoms with van der Waals surface area (Å²) in [6.45, 7) is 0. The van der Waals surface area contributed by atoms with E-state index in [1.807, 2.05) is 0 Å². The summed E-state index contributed by atoms with van der Waals surface area (Å²) in [7, 11) is 0. The van der Waals surface area contributed by atoms with E-state index in [9.17, 15) is 14.7 Å². The zero-order valence-electron chi connectivity index (χ0n) is 10.7. The smallest absolute Gasteiger partial charge is 0.345 e. The summed E-state index contributed by atoms with van der Waals surface area (Å²) in [5.41, 5.74) is 0.393. The average molecular weight is 262 g/mol. The van der Waals surface area contributed by atoms with Crippen molar-refractivity contribution >= 4 is 11.9 Å². The van der Waals surface area contributed by atoms with Crippen molar-refractivity contribution in [1.29, 1.82) is 0 Å². The van der Waals surface area contributed by atoms with Gasteiger partial charge in [0.25, 0.3) is 0 Å². The van der Waals surface area contributed by atoms with E-state index >= 15 is 0 Å². The number of carbonyl (C=O) groups is 2. The van der Waals surface area contributed by atoms with E-state index in [1.165, 1.54) is 0 Å². The predicted octanol–water partition coefficient (Wildman–Crippen LogP) is 2.88. The number of esters is 1. The normalized spacial score (nSPS) is 17.7. The van der Waals surface area contributed by atoms with Crippen molar-refractivity contribution in [3.63, 3.8) is 0 Å². The molecule has 4 heteroatoms. The van der Waals surface area contributed by atoms with Gasteiger partial charge >= 0.3 is 11.9 Å². The standard InChI is InChI=1S/C15H18O4/c16-14(17)13(11-7-3-1-4-8-11)19-15(18)12-9-5-2-6-10-12/h2,5-6,9-11,13H,1,3-4,7-8H2,(H,16,17)/t13-/m1/s1. The Kier molecular flexibility index (Phi) is 4.55. The number of hydrogen-bond donors (Lipinski definition) is 1. The molecule has 0 spiro atoms. The van der Waals surface area contributed by atoms with Crippen LogP contribution >= 0.6 is 0 Å². The number of carbonyl (C=O) groups excluding carboxylic acids is 1. The zero-order valence-corrected chi connectivity index (χ0v) is 10.7. The van der Waals surface area contributed by atoms with E-state index in [2.05, 4.69) is 0 Å². The second kappa shape index (κ2) is 6.36. The number of ether oxygens (including phenoxy) is 1. The molecule has 2 rings (SSSR count). The topological polar surface area (TPSA) is 63.6 Å². The van der Waals surface area contributed by atoms with Crippen LogP contribution in [0.1, 0.15) is 42.5 Å². The third-order valence-electron chi connectivity index (χ3n) is 3.56. The predicted molar refractivity (Wildman–Crippen MR) is 69.9 cm³/mol. The average Bonchev–Trinajstić information content (AvgIpc) is 2.46. The lowest BCUT2D eigenvalue weighted by atomic mass is 9.85. The largest absolute Gasteiger partial charge is 0.478 e. The second-order valence-corrected chi connectivity index (χ2v) is 4.93. The molecule has 1 saturated carbocycles. The van der Waals surface area contributed by atoms with Crippen LogP contribution in [0.4, 0.5) is 0 Å². The van der Waals surface area contributed by atoms with Crippen LogP contribution in [-0.4, -0.2) is 23.1 Å². The lowest BCUT2D eigenvalue weighted by Gasteiger charge is -2.27. The third-order valence-corrected chi connectivity index (χ3v) is 3.56. The maximum absolute atomic E-state index is 11.9. The molecule has 1 N–H and O–H groups in total. The molecule has 1 fully saturated rings. The highest BCUT2D eigenvalue weighted by atomic mass is 16.6. The minimum atomic E-state index is -1.05. The van der Waals surface area contributed by atoms with E-state index < -0.39 is 18.0 Å². The first-order valence-electron chi connectivity index (χ1n) is 6.67. The van der Waals surface area contributed by atoms with Crippen molar-refractivity contribution in [2.45, 2.75) is 38.2 Å². The van der Waals surface area contributed by atoms with Gasteiger partial charge in [-0.05, 0) is 25.0 Å². The van der Waals surface area contributed by atoms with Gasteiger partial charge < -0.3 is 9.84 Å². The number of hydrogen-bond acceptors (Lipinski definition) is 3. The van der Waals surface area contributed by atoms with Crippen molar-refractivity contribution in [1.82, 2.24) is 0 Å². The molecular weight excluding hydrogens is 244 g/mol. The molecule has 19 heavy (non-hydrogen) atoms. The summed E-state index contributed by atoms with van der Waals surface area (Å²) >= 11 is 0. The highest BCUT2D eigenvalue weighted by Crippen LogP contribution is 2.28. The Labute approximate surface area is 112 Å². The zero-order chi connectivity index (χ0) is 13.7. The van der Waals surface area contributed by atoms with Crippen LogP contribution in [0.3, 0.4) is 0 Å². The molecule has 4 nitrogen and oxygen atoms in total. The molecule has 1 atom stereocenters. The number of aliphatic carboxylic acids is 1. The van der Waals surface area contributed by atoms with Gasteiger partial charge in [-0.1, -0.05) is 37.5 Å². The van der Waals surface area contributed by atoms with Gasteiger partial charge in [-0.2, -0.15) is 0 Å². The van der Waals surface area contributed by atoms with Crippen LogP contribution in [0.5, 0.6) is 0 Å².